The fourth-order valence-electron chi connectivity index (χ4n) is 3.51. The van der Waals surface area contributed by atoms with E-state index < -0.39 is 0 Å². The summed E-state index contributed by atoms with van der Waals surface area (Å²) in [4.78, 5) is 19.9. The van der Waals surface area contributed by atoms with E-state index in [4.69, 9.17) is 4.42 Å². The number of aromatic nitrogens is 2. The highest BCUT2D eigenvalue weighted by molar-refractivity contribution is 6.01. The minimum atomic E-state index is -0.330. The molecule has 5 nitrogen and oxygen atoms in total. The number of nitrogens with zero attached hydrogens (tertiary/aromatic N) is 3. The summed E-state index contributed by atoms with van der Waals surface area (Å²) in [7, 11) is 0. The largest absolute Gasteiger partial charge is 0.435 e. The molecular weight excluding hydrogens is 357 g/mol. The Bertz CT molecular complexity index is 1170. The number of hydrogen-bond donors (Lipinski definition) is 0. The summed E-state index contributed by atoms with van der Waals surface area (Å²) in [5.41, 5.74) is 2.07. The molecule has 0 atom stereocenters. The lowest BCUT2D eigenvalue weighted by molar-refractivity contribution is 0.291. The minimum Gasteiger partial charge on any atom is -0.435 e. The molecule has 0 aliphatic carbocycles. The molecule has 0 saturated carbocycles. The molecular formula is C22H22FN3O2. The SMILES string of the molecule is CCN(CC)CCn1c(=O)c2nc(-c3ccc(F)cc3)oc2c2ccccc21. The van der Waals surface area contributed by atoms with Gasteiger partial charge in [0.15, 0.2) is 11.1 Å². The van der Waals surface area contributed by atoms with Crippen molar-refractivity contribution in [3.8, 4) is 11.5 Å². The third-order valence-electron chi connectivity index (χ3n) is 5.14. The zero-order valence-corrected chi connectivity index (χ0v) is 16.0. The molecule has 4 rings (SSSR count). The molecule has 144 valence electrons. The lowest BCUT2D eigenvalue weighted by atomic mass is 10.2. The topological polar surface area (TPSA) is 51.3 Å². The van der Waals surface area contributed by atoms with Crippen molar-refractivity contribution in [3.05, 3.63) is 64.7 Å². The first-order chi connectivity index (χ1) is 13.6. The summed E-state index contributed by atoms with van der Waals surface area (Å²) in [5, 5.41) is 0.845. The molecule has 28 heavy (non-hydrogen) atoms. The molecule has 0 aliphatic rings. The molecule has 2 heterocycles. The van der Waals surface area contributed by atoms with Crippen LogP contribution in [0.25, 0.3) is 33.5 Å². The fraction of sp³-hybridized carbons (Fsp3) is 0.273. The van der Waals surface area contributed by atoms with Crippen LogP contribution in [0, 0.1) is 5.82 Å². The van der Waals surface area contributed by atoms with Gasteiger partial charge in [0, 0.05) is 24.0 Å². The van der Waals surface area contributed by atoms with Crippen molar-refractivity contribution in [3.63, 3.8) is 0 Å². The van der Waals surface area contributed by atoms with Crippen molar-refractivity contribution in [2.45, 2.75) is 20.4 Å². The highest BCUT2D eigenvalue weighted by Crippen LogP contribution is 2.28. The molecule has 2 aromatic carbocycles. The number of likely N-dealkylation sites (N-methyl/N-ethyl adjacent to an activating group) is 1. The van der Waals surface area contributed by atoms with E-state index in [1.165, 1.54) is 12.1 Å². The lowest BCUT2D eigenvalue weighted by Gasteiger charge is -2.19. The zero-order chi connectivity index (χ0) is 19.7. The van der Waals surface area contributed by atoms with Crippen molar-refractivity contribution in [2.75, 3.05) is 19.6 Å². The molecule has 6 heteroatoms. The number of pyridine rings is 1. The molecule has 4 aromatic rings. The number of fused-ring (bicyclic) bond motifs is 3. The van der Waals surface area contributed by atoms with E-state index in [2.05, 4.69) is 23.7 Å². The maximum atomic E-state index is 13.2. The van der Waals surface area contributed by atoms with Crippen molar-refractivity contribution >= 4 is 22.0 Å². The van der Waals surface area contributed by atoms with Crippen LogP contribution in [0.4, 0.5) is 4.39 Å². The Labute approximate surface area is 162 Å². The first-order valence-electron chi connectivity index (χ1n) is 9.52. The molecule has 0 bridgehead atoms. The van der Waals surface area contributed by atoms with Gasteiger partial charge >= 0.3 is 0 Å². The second kappa shape index (κ2) is 7.56. The fourth-order valence-corrected chi connectivity index (χ4v) is 3.51. The summed E-state index contributed by atoms with van der Waals surface area (Å²) in [6.45, 7) is 7.45. The Morgan fingerprint density at radius 1 is 1.07 bits per heavy atom. The van der Waals surface area contributed by atoms with Crippen molar-refractivity contribution in [2.24, 2.45) is 0 Å². The van der Waals surface area contributed by atoms with Crippen LogP contribution in [-0.4, -0.2) is 34.1 Å². The molecule has 2 aromatic heterocycles. The summed E-state index contributed by atoms with van der Waals surface area (Å²) < 4.78 is 21.0. The molecule has 0 radical (unpaired) electrons. The van der Waals surface area contributed by atoms with E-state index in [1.807, 2.05) is 24.3 Å². The summed E-state index contributed by atoms with van der Waals surface area (Å²) in [5.74, 6) is -0.0113. The zero-order valence-electron chi connectivity index (χ0n) is 16.0. The van der Waals surface area contributed by atoms with E-state index in [0.29, 0.717) is 29.1 Å². The number of hydrogen-bond acceptors (Lipinski definition) is 4. The van der Waals surface area contributed by atoms with Crippen molar-refractivity contribution < 1.29 is 8.81 Å². The van der Waals surface area contributed by atoms with Gasteiger partial charge in [-0.25, -0.2) is 9.37 Å². The average Bonchev–Trinajstić information content (AvgIpc) is 3.17. The van der Waals surface area contributed by atoms with Crippen LogP contribution in [0.1, 0.15) is 13.8 Å². The Morgan fingerprint density at radius 3 is 2.50 bits per heavy atom. The first kappa shape index (κ1) is 18.4. The molecule has 0 spiro atoms. The summed E-state index contributed by atoms with van der Waals surface area (Å²) >= 11 is 0. The molecule has 0 N–H and O–H groups in total. The van der Waals surface area contributed by atoms with Gasteiger partial charge in [-0.15, -0.1) is 0 Å². The second-order valence-corrected chi connectivity index (χ2v) is 6.70. The normalized spacial score (nSPS) is 11.7. The second-order valence-electron chi connectivity index (χ2n) is 6.70. The number of halogens is 1. The minimum absolute atomic E-state index is 0.169. The van der Waals surface area contributed by atoms with Gasteiger partial charge in [0.2, 0.25) is 5.89 Å². The Balaban J connectivity index is 1.89. The Kier molecular flexibility index (Phi) is 4.96. The van der Waals surface area contributed by atoms with Crippen LogP contribution >= 0.6 is 0 Å². The molecule has 0 amide bonds. The van der Waals surface area contributed by atoms with E-state index in [-0.39, 0.29) is 11.4 Å². The van der Waals surface area contributed by atoms with Crippen LogP contribution in [0.2, 0.25) is 0 Å². The van der Waals surface area contributed by atoms with Gasteiger partial charge < -0.3 is 13.9 Å². The Morgan fingerprint density at radius 2 is 1.79 bits per heavy atom. The quantitative estimate of drug-likeness (QED) is 0.501. The molecule has 0 fully saturated rings. The molecule has 0 saturated heterocycles. The maximum absolute atomic E-state index is 13.2. The van der Waals surface area contributed by atoms with Crippen molar-refractivity contribution in [1.29, 1.82) is 0 Å². The highest BCUT2D eigenvalue weighted by Gasteiger charge is 2.18. The molecule has 0 unspecified atom stereocenters. The van der Waals surface area contributed by atoms with Crippen LogP contribution in [0.5, 0.6) is 0 Å². The maximum Gasteiger partial charge on any atom is 0.280 e. The average molecular weight is 379 g/mol. The van der Waals surface area contributed by atoms with Crippen LogP contribution in [0.3, 0.4) is 0 Å². The summed E-state index contributed by atoms with van der Waals surface area (Å²) in [6.07, 6.45) is 0. The number of rotatable bonds is 6. The van der Waals surface area contributed by atoms with Gasteiger partial charge in [0.25, 0.3) is 5.56 Å². The lowest BCUT2D eigenvalue weighted by Crippen LogP contribution is -2.31. The third kappa shape index (κ3) is 3.20. The van der Waals surface area contributed by atoms with E-state index in [1.54, 1.807) is 16.7 Å². The van der Waals surface area contributed by atoms with Crippen LogP contribution in [0.15, 0.2) is 57.7 Å². The predicted molar refractivity (Wildman–Crippen MR) is 109 cm³/mol. The standard InChI is InChI=1S/C22H22FN3O2/c1-3-25(4-2)13-14-26-18-8-6-5-7-17(18)20-19(22(26)27)24-21(28-20)15-9-11-16(23)12-10-15/h5-12H,3-4,13-14H2,1-2H3. The van der Waals surface area contributed by atoms with Gasteiger partial charge in [0.1, 0.15) is 5.82 Å². The van der Waals surface area contributed by atoms with Gasteiger partial charge in [-0.05, 0) is 49.5 Å². The first-order valence-corrected chi connectivity index (χ1v) is 9.52. The monoisotopic (exact) mass is 379 g/mol. The number of para-hydroxylation sites is 1. The predicted octanol–water partition coefficient (Wildman–Crippen LogP) is 4.29. The highest BCUT2D eigenvalue weighted by atomic mass is 19.1. The van der Waals surface area contributed by atoms with E-state index >= 15 is 0 Å². The van der Waals surface area contributed by atoms with Gasteiger partial charge in [-0.3, -0.25) is 4.79 Å². The van der Waals surface area contributed by atoms with E-state index in [9.17, 15) is 9.18 Å². The van der Waals surface area contributed by atoms with Gasteiger partial charge in [0.05, 0.1) is 5.52 Å². The number of benzene rings is 2. The Hall–Kier alpha value is -2.99. The smallest absolute Gasteiger partial charge is 0.280 e. The van der Waals surface area contributed by atoms with E-state index in [0.717, 1.165) is 30.5 Å². The third-order valence-corrected chi connectivity index (χ3v) is 5.14. The number of oxazole rings is 1. The van der Waals surface area contributed by atoms with Crippen LogP contribution in [-0.2, 0) is 6.54 Å². The summed E-state index contributed by atoms with van der Waals surface area (Å²) in [6, 6.07) is 13.6. The van der Waals surface area contributed by atoms with Gasteiger partial charge in [-0.1, -0.05) is 26.0 Å². The molecule has 0 aliphatic heterocycles. The van der Waals surface area contributed by atoms with Crippen LogP contribution < -0.4 is 5.56 Å². The van der Waals surface area contributed by atoms with Gasteiger partial charge in [-0.2, -0.15) is 0 Å². The van der Waals surface area contributed by atoms with Crippen molar-refractivity contribution in [1.82, 2.24) is 14.5 Å².